The van der Waals surface area contributed by atoms with Crippen LogP contribution in [0.1, 0.15) is 45.1 Å². The quantitative estimate of drug-likeness (QED) is 0.697. The van der Waals surface area contributed by atoms with Crippen LogP contribution in [0.5, 0.6) is 0 Å². The lowest BCUT2D eigenvalue weighted by atomic mass is 9.64. The van der Waals surface area contributed by atoms with Gasteiger partial charge in [0.1, 0.15) is 5.82 Å². The molecule has 0 saturated carbocycles. The monoisotopic (exact) mass is 276 g/mol. The molecule has 2 heteroatoms. The van der Waals surface area contributed by atoms with Crippen LogP contribution >= 0.6 is 0 Å². The number of ether oxygens (including phenoxy) is 1. The van der Waals surface area contributed by atoms with Crippen LogP contribution in [0.3, 0.4) is 0 Å². The van der Waals surface area contributed by atoms with E-state index in [4.69, 9.17) is 4.74 Å². The van der Waals surface area contributed by atoms with Crippen molar-refractivity contribution in [3.8, 4) is 0 Å². The van der Waals surface area contributed by atoms with Crippen molar-refractivity contribution in [1.29, 1.82) is 0 Å². The average Bonchev–Trinajstić information content (AvgIpc) is 2.48. The number of halogens is 1. The second-order valence-electron chi connectivity index (χ2n) is 5.68. The number of rotatable bonds is 5. The fraction of sp³-hybridized carbons (Fsp3) is 0.556. The van der Waals surface area contributed by atoms with E-state index in [0.717, 1.165) is 38.9 Å². The van der Waals surface area contributed by atoms with Gasteiger partial charge >= 0.3 is 0 Å². The average molecular weight is 276 g/mol. The Balaban J connectivity index is 2.42. The van der Waals surface area contributed by atoms with Crippen LogP contribution in [0.15, 0.2) is 36.4 Å². The molecule has 0 bridgehead atoms. The van der Waals surface area contributed by atoms with Crippen LogP contribution in [-0.4, -0.2) is 13.2 Å². The molecule has 0 aliphatic carbocycles. The van der Waals surface area contributed by atoms with E-state index in [1.807, 2.05) is 12.1 Å². The molecule has 1 unspecified atom stereocenters. The molecular weight excluding hydrogens is 251 g/mol. The van der Waals surface area contributed by atoms with Gasteiger partial charge in [0.05, 0.1) is 0 Å². The molecule has 1 aliphatic heterocycles. The fourth-order valence-corrected chi connectivity index (χ4v) is 3.58. The highest BCUT2D eigenvalue weighted by Gasteiger charge is 2.37. The molecule has 0 amide bonds. The lowest BCUT2D eigenvalue weighted by Gasteiger charge is -2.41. The van der Waals surface area contributed by atoms with Gasteiger partial charge in [-0.1, -0.05) is 37.6 Å². The first kappa shape index (κ1) is 15.2. The number of hydrogen-bond donors (Lipinski definition) is 0. The van der Waals surface area contributed by atoms with Gasteiger partial charge in [0, 0.05) is 18.6 Å². The molecular formula is C18H25FO. The minimum Gasteiger partial charge on any atom is -0.381 e. The first-order chi connectivity index (χ1) is 9.73. The molecule has 1 saturated heterocycles. The molecule has 1 nitrogen and oxygen atoms in total. The van der Waals surface area contributed by atoms with Gasteiger partial charge in [-0.15, -0.1) is 0 Å². The minimum atomic E-state index is -0.161. The predicted octanol–water partition coefficient (Wildman–Crippen LogP) is 4.87. The van der Waals surface area contributed by atoms with Crippen LogP contribution in [-0.2, 0) is 10.2 Å². The molecule has 1 fully saturated rings. The van der Waals surface area contributed by atoms with Crippen molar-refractivity contribution >= 4 is 0 Å². The van der Waals surface area contributed by atoms with Gasteiger partial charge in [-0.25, -0.2) is 4.39 Å². The molecule has 1 aliphatic rings. The lowest BCUT2D eigenvalue weighted by molar-refractivity contribution is 0.0439. The Morgan fingerprint density at radius 1 is 1.25 bits per heavy atom. The Morgan fingerprint density at radius 2 is 1.90 bits per heavy atom. The maximum atomic E-state index is 13.3. The first-order valence-corrected chi connectivity index (χ1v) is 7.70. The van der Waals surface area contributed by atoms with E-state index in [9.17, 15) is 4.39 Å². The van der Waals surface area contributed by atoms with Crippen LogP contribution in [0.4, 0.5) is 4.39 Å². The van der Waals surface area contributed by atoms with Gasteiger partial charge in [-0.3, -0.25) is 0 Å². The lowest BCUT2D eigenvalue weighted by Crippen LogP contribution is -2.37. The molecule has 1 heterocycles. The van der Waals surface area contributed by atoms with Crippen LogP contribution in [0, 0.1) is 11.7 Å². The van der Waals surface area contributed by atoms with E-state index in [-0.39, 0.29) is 11.2 Å². The Bertz CT molecular complexity index is 431. The Kier molecular flexibility index (Phi) is 5.36. The maximum Gasteiger partial charge on any atom is 0.123 e. The fourth-order valence-electron chi connectivity index (χ4n) is 3.58. The second-order valence-corrected chi connectivity index (χ2v) is 5.68. The predicted molar refractivity (Wildman–Crippen MR) is 81.3 cm³/mol. The summed E-state index contributed by atoms with van der Waals surface area (Å²) in [6, 6.07) is 7.09. The summed E-state index contributed by atoms with van der Waals surface area (Å²) in [6.07, 6.45) is 8.88. The Morgan fingerprint density at radius 3 is 2.45 bits per heavy atom. The minimum absolute atomic E-state index is 0.0288. The van der Waals surface area contributed by atoms with Gasteiger partial charge in [0.15, 0.2) is 0 Å². The second kappa shape index (κ2) is 7.03. The van der Waals surface area contributed by atoms with E-state index in [1.165, 1.54) is 5.56 Å². The highest BCUT2D eigenvalue weighted by Crippen LogP contribution is 2.43. The molecule has 20 heavy (non-hydrogen) atoms. The summed E-state index contributed by atoms with van der Waals surface area (Å²) in [5.41, 5.74) is 1.27. The van der Waals surface area contributed by atoms with E-state index < -0.39 is 0 Å². The summed E-state index contributed by atoms with van der Waals surface area (Å²) < 4.78 is 18.8. The molecule has 1 atom stereocenters. The van der Waals surface area contributed by atoms with E-state index in [1.54, 1.807) is 12.1 Å². The third-order valence-corrected chi connectivity index (χ3v) is 4.46. The summed E-state index contributed by atoms with van der Waals surface area (Å²) in [5, 5.41) is 0. The molecule has 110 valence electrons. The van der Waals surface area contributed by atoms with Crippen molar-refractivity contribution in [2.75, 3.05) is 13.2 Å². The SMILES string of the molecule is CC=CC(CCC)(c1ccc(F)cc1)C1CCOCC1. The molecule has 2 rings (SSSR count). The third kappa shape index (κ3) is 3.12. The summed E-state index contributed by atoms with van der Waals surface area (Å²) in [4.78, 5) is 0. The molecule has 0 aromatic heterocycles. The van der Waals surface area contributed by atoms with Gasteiger partial charge in [-0.2, -0.15) is 0 Å². The topological polar surface area (TPSA) is 9.23 Å². The van der Waals surface area contributed by atoms with Crippen molar-refractivity contribution in [3.63, 3.8) is 0 Å². The third-order valence-electron chi connectivity index (χ3n) is 4.46. The summed E-state index contributed by atoms with van der Waals surface area (Å²) in [5.74, 6) is 0.421. The van der Waals surface area contributed by atoms with Crippen molar-refractivity contribution in [2.45, 2.75) is 44.9 Å². The van der Waals surface area contributed by atoms with Crippen LogP contribution < -0.4 is 0 Å². The van der Waals surface area contributed by atoms with Gasteiger partial charge in [-0.05, 0) is 49.8 Å². The molecule has 1 aromatic rings. The molecule has 0 radical (unpaired) electrons. The standard InChI is InChI=1S/C18H25FO/c1-3-11-18(12-4-2,16-9-13-20-14-10-16)15-5-7-17(19)8-6-15/h3,5-8,11,16H,4,9-10,12-14H2,1-2H3. The summed E-state index contributed by atoms with van der Waals surface area (Å²) >= 11 is 0. The van der Waals surface area contributed by atoms with E-state index in [2.05, 4.69) is 26.0 Å². The zero-order valence-electron chi connectivity index (χ0n) is 12.6. The number of benzene rings is 1. The molecule has 0 N–H and O–H groups in total. The zero-order valence-corrected chi connectivity index (χ0v) is 12.6. The molecule has 0 spiro atoms. The van der Waals surface area contributed by atoms with Crippen LogP contribution in [0.25, 0.3) is 0 Å². The van der Waals surface area contributed by atoms with Crippen molar-refractivity contribution in [1.82, 2.24) is 0 Å². The zero-order chi connectivity index (χ0) is 14.4. The van der Waals surface area contributed by atoms with E-state index >= 15 is 0 Å². The van der Waals surface area contributed by atoms with Crippen LogP contribution in [0.2, 0.25) is 0 Å². The van der Waals surface area contributed by atoms with Gasteiger partial charge < -0.3 is 4.74 Å². The smallest absolute Gasteiger partial charge is 0.123 e. The summed E-state index contributed by atoms with van der Waals surface area (Å²) in [6.45, 7) is 5.98. The van der Waals surface area contributed by atoms with Crippen molar-refractivity contribution in [2.24, 2.45) is 5.92 Å². The largest absolute Gasteiger partial charge is 0.381 e. The first-order valence-electron chi connectivity index (χ1n) is 7.70. The number of hydrogen-bond acceptors (Lipinski definition) is 1. The maximum absolute atomic E-state index is 13.3. The Hall–Kier alpha value is -1.15. The molecule has 1 aromatic carbocycles. The number of allylic oxidation sites excluding steroid dienone is 2. The van der Waals surface area contributed by atoms with E-state index in [0.29, 0.717) is 5.92 Å². The van der Waals surface area contributed by atoms with Gasteiger partial charge in [0.25, 0.3) is 0 Å². The highest BCUT2D eigenvalue weighted by atomic mass is 19.1. The van der Waals surface area contributed by atoms with Crippen molar-refractivity contribution < 1.29 is 9.13 Å². The summed E-state index contributed by atoms with van der Waals surface area (Å²) in [7, 11) is 0. The normalized spacial score (nSPS) is 20.1. The van der Waals surface area contributed by atoms with Crippen molar-refractivity contribution in [3.05, 3.63) is 47.8 Å². The Labute approximate surface area is 121 Å². The highest BCUT2D eigenvalue weighted by molar-refractivity contribution is 5.33. The van der Waals surface area contributed by atoms with Gasteiger partial charge in [0.2, 0.25) is 0 Å².